The van der Waals surface area contributed by atoms with Crippen molar-refractivity contribution in [2.45, 2.75) is 24.5 Å². The number of benzene rings is 2. The molecule has 5 rings (SSSR count). The highest BCUT2D eigenvalue weighted by Gasteiger charge is 2.63. The van der Waals surface area contributed by atoms with Crippen LogP contribution in [-0.4, -0.2) is 83.2 Å². The van der Waals surface area contributed by atoms with Gasteiger partial charge in [-0.25, -0.2) is 8.42 Å². The predicted molar refractivity (Wildman–Crippen MR) is 148 cm³/mol. The lowest BCUT2D eigenvalue weighted by molar-refractivity contribution is -0.148. The normalized spacial score (nSPS) is 26.0. The molecule has 0 unspecified atom stereocenters. The molecule has 3 aliphatic carbocycles. The molecule has 0 spiro atoms. The van der Waals surface area contributed by atoms with Gasteiger partial charge in [-0.3, -0.25) is 24.0 Å². The van der Waals surface area contributed by atoms with Crippen molar-refractivity contribution < 1.29 is 43.2 Å². The average molecular weight is 584 g/mol. The summed E-state index contributed by atoms with van der Waals surface area (Å²) in [5, 5.41) is 44.7. The fourth-order valence-electron chi connectivity index (χ4n) is 6.45. The molecule has 12 nitrogen and oxygen atoms in total. The van der Waals surface area contributed by atoms with Crippen LogP contribution in [0.3, 0.4) is 0 Å². The zero-order valence-corrected chi connectivity index (χ0v) is 23.2. The van der Waals surface area contributed by atoms with Crippen molar-refractivity contribution in [2.75, 3.05) is 25.1 Å². The number of aliphatic hydroxyl groups excluding tert-OH is 2. The van der Waals surface area contributed by atoms with E-state index in [4.69, 9.17) is 5.73 Å². The maximum absolute atomic E-state index is 13.9. The van der Waals surface area contributed by atoms with E-state index in [1.165, 1.54) is 11.0 Å². The number of ketones is 2. The minimum Gasteiger partial charge on any atom is -0.510 e. The number of carbonyl (C=O) groups is 3. The van der Waals surface area contributed by atoms with Gasteiger partial charge < -0.3 is 26.2 Å². The van der Waals surface area contributed by atoms with Crippen molar-refractivity contribution in [2.24, 2.45) is 17.6 Å². The number of fused-ring (bicyclic) bond motifs is 3. The van der Waals surface area contributed by atoms with E-state index in [0.717, 1.165) is 6.26 Å². The number of primary amides is 1. The molecule has 0 heterocycles. The lowest BCUT2D eigenvalue weighted by Crippen LogP contribution is -2.63. The van der Waals surface area contributed by atoms with E-state index >= 15 is 0 Å². The maximum Gasteiger partial charge on any atom is 0.255 e. The number of aromatic hydroxyl groups is 1. The summed E-state index contributed by atoms with van der Waals surface area (Å²) in [4.78, 5) is 40.8. The van der Waals surface area contributed by atoms with E-state index in [-0.39, 0.29) is 29.7 Å². The smallest absolute Gasteiger partial charge is 0.255 e. The van der Waals surface area contributed by atoms with Gasteiger partial charge in [0.25, 0.3) is 5.91 Å². The van der Waals surface area contributed by atoms with Gasteiger partial charge in [-0.1, -0.05) is 18.2 Å². The number of hydrogen-bond acceptors (Lipinski definition) is 10. The number of carbonyl (C=O) groups excluding carboxylic acids is 3. The number of sulfonamides is 1. The molecule has 0 aromatic heterocycles. The highest BCUT2D eigenvalue weighted by molar-refractivity contribution is 7.92. The Hall–Kier alpha value is -4.20. The van der Waals surface area contributed by atoms with Crippen LogP contribution in [0.5, 0.6) is 5.75 Å². The van der Waals surface area contributed by atoms with E-state index < -0.39 is 68.1 Å². The van der Waals surface area contributed by atoms with Gasteiger partial charge in [0.15, 0.2) is 11.4 Å². The fraction of sp³-hybridized carbons (Fsp3) is 0.321. The molecule has 13 heteroatoms. The van der Waals surface area contributed by atoms with Gasteiger partial charge in [-0.15, -0.1) is 0 Å². The van der Waals surface area contributed by atoms with Crippen molar-refractivity contribution in [3.8, 4) is 16.9 Å². The molecule has 4 atom stereocenters. The Balaban J connectivity index is 1.66. The summed E-state index contributed by atoms with van der Waals surface area (Å²) in [6.45, 7) is 0. The number of anilines is 1. The second-order valence-corrected chi connectivity index (χ2v) is 12.6. The number of Topliss-reactive ketones (excluding diaryl/α,β-unsaturated/α-hetero) is 2. The quantitative estimate of drug-likeness (QED) is 0.277. The van der Waals surface area contributed by atoms with Gasteiger partial charge in [-0.2, -0.15) is 0 Å². The number of nitrogens with one attached hydrogen (secondary N) is 1. The Morgan fingerprint density at radius 2 is 1.71 bits per heavy atom. The number of likely N-dealkylation sites (N-methyl/N-ethyl adjacent to an activating group) is 1. The largest absolute Gasteiger partial charge is 0.510 e. The van der Waals surface area contributed by atoms with E-state index in [0.29, 0.717) is 22.4 Å². The summed E-state index contributed by atoms with van der Waals surface area (Å²) in [6, 6.07) is 8.27. The van der Waals surface area contributed by atoms with Crippen molar-refractivity contribution in [3.05, 3.63) is 70.2 Å². The monoisotopic (exact) mass is 583 g/mol. The van der Waals surface area contributed by atoms with Crippen LogP contribution in [0.25, 0.3) is 11.1 Å². The number of amides is 1. The second kappa shape index (κ2) is 9.43. The zero-order chi connectivity index (χ0) is 30.2. The fourth-order valence-corrected chi connectivity index (χ4v) is 7.02. The first-order chi connectivity index (χ1) is 19.1. The Morgan fingerprint density at radius 3 is 2.27 bits per heavy atom. The van der Waals surface area contributed by atoms with Crippen molar-refractivity contribution in [1.82, 2.24) is 4.90 Å². The Morgan fingerprint density at radius 1 is 1.07 bits per heavy atom. The molecule has 0 saturated heterocycles. The lowest BCUT2D eigenvalue weighted by atomic mass is 9.58. The number of phenolic OH excluding ortho intramolecular Hbond substituents is 1. The highest BCUT2D eigenvalue weighted by Crippen LogP contribution is 2.53. The minimum absolute atomic E-state index is 0.0297. The van der Waals surface area contributed by atoms with E-state index in [1.807, 2.05) is 0 Å². The van der Waals surface area contributed by atoms with Crippen LogP contribution in [0.4, 0.5) is 5.69 Å². The van der Waals surface area contributed by atoms with E-state index in [9.17, 15) is 43.2 Å². The van der Waals surface area contributed by atoms with Crippen LogP contribution in [0.15, 0.2) is 59.1 Å². The number of nitrogens with zero attached hydrogens (tertiary/aromatic N) is 1. The summed E-state index contributed by atoms with van der Waals surface area (Å²) < 4.78 is 25.5. The van der Waals surface area contributed by atoms with Crippen molar-refractivity contribution in [3.63, 3.8) is 0 Å². The number of phenols is 1. The molecule has 216 valence electrons. The lowest BCUT2D eigenvalue weighted by Gasteiger charge is -2.50. The molecule has 0 aliphatic heterocycles. The van der Waals surface area contributed by atoms with Crippen LogP contribution in [0.1, 0.15) is 22.3 Å². The molecule has 0 saturated carbocycles. The number of rotatable bonds is 5. The molecular formula is C28H29N3O9S. The number of hydrogen-bond donors (Lipinski definition) is 6. The minimum atomic E-state index is -3.49. The molecule has 1 amide bonds. The molecule has 0 radical (unpaired) electrons. The Kier molecular flexibility index (Phi) is 6.52. The topological polar surface area (TPSA) is 208 Å². The van der Waals surface area contributed by atoms with Crippen LogP contribution in [0.2, 0.25) is 0 Å². The number of aliphatic hydroxyl groups is 3. The highest BCUT2D eigenvalue weighted by atomic mass is 32.2. The summed E-state index contributed by atoms with van der Waals surface area (Å²) >= 11 is 0. The second-order valence-electron chi connectivity index (χ2n) is 10.9. The molecule has 3 aliphatic rings. The molecule has 7 N–H and O–H groups in total. The molecule has 0 bridgehead atoms. The summed E-state index contributed by atoms with van der Waals surface area (Å²) in [7, 11) is -0.371. The molecule has 2 aromatic carbocycles. The van der Waals surface area contributed by atoms with E-state index in [1.54, 1.807) is 44.4 Å². The molecule has 41 heavy (non-hydrogen) atoms. The third kappa shape index (κ3) is 4.28. The van der Waals surface area contributed by atoms with Gasteiger partial charge >= 0.3 is 0 Å². The van der Waals surface area contributed by atoms with Gasteiger partial charge in [-0.05, 0) is 67.7 Å². The van der Waals surface area contributed by atoms with Crippen LogP contribution < -0.4 is 10.5 Å². The molecule has 2 aromatic rings. The van der Waals surface area contributed by atoms with Crippen LogP contribution in [0, 0.1) is 11.8 Å². The predicted octanol–water partition coefficient (Wildman–Crippen LogP) is 1.16. The maximum atomic E-state index is 13.9. The third-order valence-electron chi connectivity index (χ3n) is 8.11. The first-order valence-electron chi connectivity index (χ1n) is 12.7. The Bertz CT molecular complexity index is 1690. The summed E-state index contributed by atoms with van der Waals surface area (Å²) in [6.07, 6.45) is 1.12. The average Bonchev–Trinajstić information content (AvgIpc) is 2.85. The molecule has 0 fully saturated rings. The van der Waals surface area contributed by atoms with Crippen molar-refractivity contribution >= 4 is 33.2 Å². The molecular weight excluding hydrogens is 554 g/mol. The van der Waals surface area contributed by atoms with Gasteiger partial charge in [0.05, 0.1) is 17.9 Å². The number of allylic oxidation sites excluding steroid dienone is 1. The first-order valence-corrected chi connectivity index (χ1v) is 14.5. The van der Waals surface area contributed by atoms with E-state index in [2.05, 4.69) is 4.72 Å². The van der Waals surface area contributed by atoms with Gasteiger partial charge in [0, 0.05) is 17.2 Å². The summed E-state index contributed by atoms with van der Waals surface area (Å²) in [5.41, 5.74) is 3.43. The first kappa shape index (κ1) is 28.3. The third-order valence-corrected chi connectivity index (χ3v) is 8.71. The van der Waals surface area contributed by atoms with Crippen LogP contribution in [-0.2, 0) is 26.0 Å². The Labute approximate surface area is 235 Å². The number of nitrogens with two attached hydrogens (primary N) is 1. The van der Waals surface area contributed by atoms with Gasteiger partial charge in [0.1, 0.15) is 22.8 Å². The SMILES string of the molecule is CN(C)[C@H]1C(O)=C(C(N)=O)C(=O)[C@@]2(O)C(O)=C3C(=O)c4c(O)ccc(-c5ccc(NS(C)(=O)=O)cc5)c4C[C@H]3C[C@@H]12. The summed E-state index contributed by atoms with van der Waals surface area (Å²) in [5.74, 6) is -7.15. The zero-order valence-electron chi connectivity index (χ0n) is 22.4. The van der Waals surface area contributed by atoms with Crippen molar-refractivity contribution in [1.29, 1.82) is 0 Å². The van der Waals surface area contributed by atoms with Gasteiger partial charge in [0.2, 0.25) is 15.8 Å². The standard InChI is InChI=1S/C28H29N3O9S/c1-31(2)22-17-11-13-10-16-15(12-4-6-14(7-5-12)30-41(3,39)40)8-9-18(32)20(16)23(33)19(13)25(35)28(17,38)26(36)21(24(22)34)27(29)37/h4-9,13,17,22,30,32,34-35,38H,10-11H2,1-3H3,(H2,29,37)/t13-,17-,22+,28-/m0/s1. The van der Waals surface area contributed by atoms with Crippen LogP contribution >= 0.6 is 0 Å².